The predicted octanol–water partition coefficient (Wildman–Crippen LogP) is 3.15. The van der Waals surface area contributed by atoms with Gasteiger partial charge >= 0.3 is 0 Å². The van der Waals surface area contributed by atoms with E-state index in [4.69, 9.17) is 6.42 Å². The van der Waals surface area contributed by atoms with Gasteiger partial charge in [0, 0.05) is 6.42 Å². The molecule has 0 fully saturated rings. The fraction of sp³-hybridized carbons (Fsp3) is 0.600. The van der Waals surface area contributed by atoms with Gasteiger partial charge in [-0.15, -0.1) is 12.3 Å². The molecule has 56 valence electrons. The average Bonchev–Trinajstić information content (AvgIpc) is 1.97. The van der Waals surface area contributed by atoms with Gasteiger partial charge in [0.25, 0.3) is 0 Å². The van der Waals surface area contributed by atoms with Crippen LogP contribution in [0.3, 0.4) is 0 Å². The van der Waals surface area contributed by atoms with E-state index in [1.807, 2.05) is 0 Å². The minimum Gasteiger partial charge on any atom is -0.120 e. The third kappa shape index (κ3) is 7.30. The Morgan fingerprint density at radius 2 is 2.10 bits per heavy atom. The molecule has 0 aromatic carbocycles. The van der Waals surface area contributed by atoms with E-state index < -0.39 is 0 Å². The highest BCUT2D eigenvalue weighted by Gasteiger charge is 1.83. The monoisotopic (exact) mass is 136 g/mol. The van der Waals surface area contributed by atoms with Crippen molar-refractivity contribution in [3.63, 3.8) is 0 Å². The molecule has 0 amide bonds. The Morgan fingerprint density at radius 3 is 2.70 bits per heavy atom. The summed E-state index contributed by atoms with van der Waals surface area (Å²) < 4.78 is 0. The second-order valence-corrected chi connectivity index (χ2v) is 2.37. The second-order valence-electron chi connectivity index (χ2n) is 2.37. The largest absolute Gasteiger partial charge is 0.120 e. The van der Waals surface area contributed by atoms with Gasteiger partial charge < -0.3 is 0 Å². The van der Waals surface area contributed by atoms with Gasteiger partial charge in [-0.05, 0) is 26.2 Å². The zero-order valence-electron chi connectivity index (χ0n) is 6.77. The fourth-order valence-electron chi connectivity index (χ4n) is 0.833. The highest BCUT2D eigenvalue weighted by Crippen LogP contribution is 2.02. The maximum atomic E-state index is 5.11. The summed E-state index contributed by atoms with van der Waals surface area (Å²) in [5.41, 5.74) is 0. The summed E-state index contributed by atoms with van der Waals surface area (Å²) in [6.45, 7) is 2.06. The highest BCUT2D eigenvalue weighted by molar-refractivity contribution is 4.83. The smallest absolute Gasteiger partial charge is 0.00860 e. The summed E-state index contributed by atoms with van der Waals surface area (Å²) in [5, 5.41) is 0. The van der Waals surface area contributed by atoms with Gasteiger partial charge in [0.1, 0.15) is 0 Å². The first-order valence-electron chi connectivity index (χ1n) is 3.96. The van der Waals surface area contributed by atoms with Gasteiger partial charge in [-0.25, -0.2) is 0 Å². The van der Waals surface area contributed by atoms with E-state index in [2.05, 4.69) is 25.0 Å². The molecule has 0 aliphatic heterocycles. The first-order valence-corrected chi connectivity index (χ1v) is 3.96. The quantitative estimate of drug-likeness (QED) is 0.309. The highest BCUT2D eigenvalue weighted by atomic mass is 13.9. The molecule has 0 unspecified atom stereocenters. The molecular weight excluding hydrogens is 120 g/mol. The number of rotatable bonds is 5. The van der Waals surface area contributed by atoms with Crippen LogP contribution in [0.15, 0.2) is 12.2 Å². The summed E-state index contributed by atoms with van der Waals surface area (Å²) in [6, 6.07) is 0. The number of allylic oxidation sites excluding steroid dienone is 2. The molecule has 0 N–H and O–H groups in total. The molecule has 0 heterocycles. The molecule has 0 heteroatoms. The maximum Gasteiger partial charge on any atom is 0.00860 e. The van der Waals surface area contributed by atoms with Gasteiger partial charge in [-0.3, -0.25) is 0 Å². The average molecular weight is 136 g/mol. The van der Waals surface area contributed by atoms with Crippen molar-refractivity contribution < 1.29 is 0 Å². The molecule has 0 saturated carbocycles. The van der Waals surface area contributed by atoms with Crippen LogP contribution < -0.4 is 0 Å². The van der Waals surface area contributed by atoms with Gasteiger partial charge in [0.2, 0.25) is 0 Å². The standard InChI is InChI=1S/C10H16/c1-3-5-7-9-10-8-6-4-2/h1,4,6H,5,7-10H2,2H3. The maximum absolute atomic E-state index is 5.11. The zero-order chi connectivity index (χ0) is 7.66. The molecule has 0 aliphatic rings. The van der Waals surface area contributed by atoms with Crippen molar-refractivity contribution in [3.05, 3.63) is 12.2 Å². The topological polar surface area (TPSA) is 0 Å². The summed E-state index contributed by atoms with van der Waals surface area (Å²) in [6.07, 6.45) is 15.3. The summed E-state index contributed by atoms with van der Waals surface area (Å²) in [7, 11) is 0. The van der Waals surface area contributed by atoms with E-state index in [0.717, 1.165) is 6.42 Å². The van der Waals surface area contributed by atoms with Crippen LogP contribution in [0.4, 0.5) is 0 Å². The number of unbranched alkanes of at least 4 members (excludes halogenated alkanes) is 4. The van der Waals surface area contributed by atoms with Crippen molar-refractivity contribution >= 4 is 0 Å². The van der Waals surface area contributed by atoms with E-state index in [1.54, 1.807) is 0 Å². The van der Waals surface area contributed by atoms with Crippen molar-refractivity contribution in [1.82, 2.24) is 0 Å². The van der Waals surface area contributed by atoms with Crippen molar-refractivity contribution in [2.75, 3.05) is 0 Å². The first-order chi connectivity index (χ1) is 4.91. The van der Waals surface area contributed by atoms with Gasteiger partial charge in [-0.1, -0.05) is 18.6 Å². The Kier molecular flexibility index (Phi) is 7.72. The SMILES string of the molecule is C#CCCCCCC=CC. The van der Waals surface area contributed by atoms with Crippen molar-refractivity contribution in [2.45, 2.75) is 39.0 Å². The summed E-state index contributed by atoms with van der Waals surface area (Å²) >= 11 is 0. The Bertz CT molecular complexity index is 114. The van der Waals surface area contributed by atoms with E-state index in [1.165, 1.54) is 25.7 Å². The Hall–Kier alpha value is -0.700. The van der Waals surface area contributed by atoms with Crippen LogP contribution >= 0.6 is 0 Å². The molecule has 0 aliphatic carbocycles. The van der Waals surface area contributed by atoms with E-state index >= 15 is 0 Å². The summed E-state index contributed by atoms with van der Waals surface area (Å²) in [4.78, 5) is 0. The normalized spacial score (nSPS) is 10.0. The zero-order valence-corrected chi connectivity index (χ0v) is 6.77. The van der Waals surface area contributed by atoms with Crippen LogP contribution in [-0.2, 0) is 0 Å². The fourth-order valence-corrected chi connectivity index (χ4v) is 0.833. The second kappa shape index (κ2) is 8.30. The number of hydrogen-bond acceptors (Lipinski definition) is 0. The predicted molar refractivity (Wildman–Crippen MR) is 46.7 cm³/mol. The molecule has 0 rings (SSSR count). The van der Waals surface area contributed by atoms with Crippen molar-refractivity contribution in [1.29, 1.82) is 0 Å². The lowest BCUT2D eigenvalue weighted by Crippen LogP contribution is -1.73. The van der Waals surface area contributed by atoms with Crippen LogP contribution in [0.2, 0.25) is 0 Å². The van der Waals surface area contributed by atoms with E-state index in [9.17, 15) is 0 Å². The first kappa shape index (κ1) is 9.30. The molecule has 10 heavy (non-hydrogen) atoms. The van der Waals surface area contributed by atoms with E-state index in [0.29, 0.717) is 0 Å². The molecule has 0 nitrogen and oxygen atoms in total. The molecule has 0 radical (unpaired) electrons. The number of hydrogen-bond donors (Lipinski definition) is 0. The molecule has 0 saturated heterocycles. The van der Waals surface area contributed by atoms with Crippen LogP contribution in [0.1, 0.15) is 39.0 Å². The van der Waals surface area contributed by atoms with Crippen LogP contribution in [-0.4, -0.2) is 0 Å². The van der Waals surface area contributed by atoms with Gasteiger partial charge in [0.15, 0.2) is 0 Å². The van der Waals surface area contributed by atoms with Crippen molar-refractivity contribution in [2.24, 2.45) is 0 Å². The molecule has 0 aromatic heterocycles. The molecule has 0 aromatic rings. The van der Waals surface area contributed by atoms with Crippen LogP contribution in [0.25, 0.3) is 0 Å². The molecule has 0 bridgehead atoms. The van der Waals surface area contributed by atoms with Gasteiger partial charge in [-0.2, -0.15) is 0 Å². The third-order valence-electron chi connectivity index (χ3n) is 1.43. The molecular formula is C10H16. The van der Waals surface area contributed by atoms with Gasteiger partial charge in [0.05, 0.1) is 0 Å². The number of terminal acetylenes is 1. The summed E-state index contributed by atoms with van der Waals surface area (Å²) in [5.74, 6) is 2.64. The Balaban J connectivity index is 2.85. The van der Waals surface area contributed by atoms with Crippen LogP contribution in [0, 0.1) is 12.3 Å². The minimum absolute atomic E-state index is 0.940. The van der Waals surface area contributed by atoms with Crippen molar-refractivity contribution in [3.8, 4) is 12.3 Å². The van der Waals surface area contributed by atoms with Crippen LogP contribution in [0.5, 0.6) is 0 Å². The lowest BCUT2D eigenvalue weighted by Gasteiger charge is -1.92. The molecule has 0 spiro atoms. The minimum atomic E-state index is 0.940. The third-order valence-corrected chi connectivity index (χ3v) is 1.43. The Morgan fingerprint density at radius 1 is 1.30 bits per heavy atom. The molecule has 0 atom stereocenters. The lowest BCUT2D eigenvalue weighted by atomic mass is 10.1. The Labute approximate surface area is 64.3 Å². The lowest BCUT2D eigenvalue weighted by molar-refractivity contribution is 0.702. The van der Waals surface area contributed by atoms with E-state index in [-0.39, 0.29) is 0 Å².